The molecule has 2 aliphatic rings. The summed E-state index contributed by atoms with van der Waals surface area (Å²) >= 11 is 1.68. The fourth-order valence-corrected chi connectivity index (χ4v) is 5.97. The lowest BCUT2D eigenvalue weighted by Crippen LogP contribution is -2.18. The van der Waals surface area contributed by atoms with Gasteiger partial charge < -0.3 is 0 Å². The van der Waals surface area contributed by atoms with E-state index in [1.807, 2.05) is 18.3 Å². The molecule has 1 saturated carbocycles. The van der Waals surface area contributed by atoms with Crippen LogP contribution in [0.2, 0.25) is 0 Å². The number of imidazole rings is 1. The predicted octanol–water partition coefficient (Wildman–Crippen LogP) is 4.25. The average molecular weight is 460 g/mol. The van der Waals surface area contributed by atoms with E-state index in [2.05, 4.69) is 38.0 Å². The van der Waals surface area contributed by atoms with Crippen molar-refractivity contribution in [3.8, 4) is 11.4 Å². The average Bonchev–Trinajstić information content (AvgIpc) is 3.20. The Morgan fingerprint density at radius 1 is 1.15 bits per heavy atom. The first kappa shape index (κ1) is 20.5. The summed E-state index contributed by atoms with van der Waals surface area (Å²) in [6.07, 6.45) is 8.70. The molecule has 2 N–H and O–H groups in total. The topological polar surface area (TPSA) is 82.8 Å². The number of thiazole rings is 1. The predicted molar refractivity (Wildman–Crippen MR) is 127 cm³/mol. The first-order chi connectivity index (χ1) is 16.2. The molecule has 0 bridgehead atoms. The number of carbonyl (C=O) groups excluding carboxylic acids is 1. The number of benzene rings is 1. The first-order valence-corrected chi connectivity index (χ1v) is 12.2. The summed E-state index contributed by atoms with van der Waals surface area (Å²) in [5, 5.41) is 12.0. The second-order valence-corrected chi connectivity index (χ2v) is 9.89. The Morgan fingerprint density at radius 3 is 2.67 bits per heavy atom. The molecular weight excluding hydrogens is 434 g/mol. The van der Waals surface area contributed by atoms with Crippen LogP contribution in [0.1, 0.15) is 52.2 Å². The summed E-state index contributed by atoms with van der Waals surface area (Å²) in [6, 6.07) is 11.8. The molecule has 8 heteroatoms. The fraction of sp³-hybridized carbons (Fsp3) is 0.320. The summed E-state index contributed by atoms with van der Waals surface area (Å²) in [5.74, 6) is -0.501. The van der Waals surface area contributed by atoms with Gasteiger partial charge in [0.15, 0.2) is 0 Å². The highest BCUT2D eigenvalue weighted by atomic mass is 32.1. The molecule has 0 spiro atoms. The molecule has 2 fully saturated rings. The lowest BCUT2D eigenvalue weighted by atomic mass is 9.95. The van der Waals surface area contributed by atoms with Gasteiger partial charge >= 0.3 is 0 Å². The lowest BCUT2D eigenvalue weighted by molar-refractivity contribution is 0.0706. The molecule has 7 nitrogen and oxygen atoms in total. The number of hydrogen-bond acceptors (Lipinski definition) is 6. The van der Waals surface area contributed by atoms with Gasteiger partial charge in [-0.2, -0.15) is 0 Å². The van der Waals surface area contributed by atoms with Crippen molar-refractivity contribution in [3.63, 3.8) is 0 Å². The maximum atomic E-state index is 11.6. The second kappa shape index (κ2) is 8.06. The SMILES string of the molecule is O=C(NO)c1ccc(C2(c3nc(-c4cnc5cc(CN6CCCC6)ccn45)cs3)CC2)cc1. The van der Waals surface area contributed by atoms with Crippen LogP contribution >= 0.6 is 11.3 Å². The molecule has 0 radical (unpaired) electrons. The van der Waals surface area contributed by atoms with E-state index in [1.54, 1.807) is 28.9 Å². The van der Waals surface area contributed by atoms with Crippen molar-refractivity contribution < 1.29 is 10.0 Å². The molecule has 4 aromatic rings. The smallest absolute Gasteiger partial charge is 0.274 e. The number of aromatic nitrogens is 3. The van der Waals surface area contributed by atoms with Crippen molar-refractivity contribution in [2.45, 2.75) is 37.6 Å². The number of carbonyl (C=O) groups is 1. The number of likely N-dealkylation sites (tertiary alicyclic amines) is 1. The minimum Gasteiger partial charge on any atom is -0.299 e. The van der Waals surface area contributed by atoms with E-state index in [4.69, 9.17) is 10.2 Å². The Kier molecular flexibility index (Phi) is 5.01. The third-order valence-electron chi connectivity index (χ3n) is 6.91. The summed E-state index contributed by atoms with van der Waals surface area (Å²) < 4.78 is 2.12. The van der Waals surface area contributed by atoms with Gasteiger partial charge in [-0.1, -0.05) is 12.1 Å². The molecule has 33 heavy (non-hydrogen) atoms. The van der Waals surface area contributed by atoms with Crippen molar-refractivity contribution in [3.05, 3.63) is 75.9 Å². The molecule has 1 amide bonds. The molecule has 1 aliphatic heterocycles. The molecule has 4 heterocycles. The zero-order valence-electron chi connectivity index (χ0n) is 18.2. The molecule has 6 rings (SSSR count). The normalized spacial score (nSPS) is 17.5. The summed E-state index contributed by atoms with van der Waals surface area (Å²) in [7, 11) is 0. The van der Waals surface area contributed by atoms with Crippen LogP contribution in [0.4, 0.5) is 0 Å². The van der Waals surface area contributed by atoms with Gasteiger partial charge in [-0.05, 0) is 74.2 Å². The number of hydrogen-bond donors (Lipinski definition) is 2. The Labute approximate surface area is 195 Å². The zero-order valence-corrected chi connectivity index (χ0v) is 19.0. The van der Waals surface area contributed by atoms with Gasteiger partial charge in [0.1, 0.15) is 10.7 Å². The van der Waals surface area contributed by atoms with Crippen molar-refractivity contribution >= 4 is 22.9 Å². The van der Waals surface area contributed by atoms with Crippen LogP contribution in [0.25, 0.3) is 17.0 Å². The lowest BCUT2D eigenvalue weighted by Gasteiger charge is -2.14. The van der Waals surface area contributed by atoms with Crippen LogP contribution in [-0.4, -0.2) is 43.5 Å². The third kappa shape index (κ3) is 3.64. The highest BCUT2D eigenvalue weighted by Gasteiger charge is 2.48. The summed E-state index contributed by atoms with van der Waals surface area (Å²) in [4.78, 5) is 23.8. The fourth-order valence-electron chi connectivity index (χ4n) is 4.88. The van der Waals surface area contributed by atoms with Gasteiger partial charge in [0.05, 0.1) is 17.6 Å². The second-order valence-electron chi connectivity index (χ2n) is 9.03. The Hall–Kier alpha value is -3.07. The molecule has 3 aromatic heterocycles. The largest absolute Gasteiger partial charge is 0.299 e. The van der Waals surface area contributed by atoms with Gasteiger partial charge in [-0.25, -0.2) is 15.4 Å². The maximum absolute atomic E-state index is 11.6. The van der Waals surface area contributed by atoms with Crippen LogP contribution in [0.15, 0.2) is 54.2 Å². The maximum Gasteiger partial charge on any atom is 0.274 e. The Bertz CT molecular complexity index is 1320. The van der Waals surface area contributed by atoms with Crippen LogP contribution in [0.5, 0.6) is 0 Å². The minimum atomic E-state index is -0.501. The number of amides is 1. The van der Waals surface area contributed by atoms with E-state index in [9.17, 15) is 4.79 Å². The Balaban J connectivity index is 1.26. The quantitative estimate of drug-likeness (QED) is 0.333. The van der Waals surface area contributed by atoms with Crippen LogP contribution in [-0.2, 0) is 12.0 Å². The van der Waals surface area contributed by atoms with Crippen LogP contribution in [0.3, 0.4) is 0 Å². The van der Waals surface area contributed by atoms with Gasteiger partial charge in [-0.3, -0.25) is 19.3 Å². The van der Waals surface area contributed by atoms with Gasteiger partial charge in [0, 0.05) is 29.1 Å². The van der Waals surface area contributed by atoms with Gasteiger partial charge in [0.2, 0.25) is 0 Å². The van der Waals surface area contributed by atoms with E-state index in [-0.39, 0.29) is 5.41 Å². The molecule has 1 saturated heterocycles. The Morgan fingerprint density at radius 2 is 1.94 bits per heavy atom. The first-order valence-electron chi connectivity index (χ1n) is 11.4. The molecule has 0 unspecified atom stereocenters. The molecular formula is C25H25N5O2S. The number of nitrogens with one attached hydrogen (secondary N) is 1. The number of fused-ring (bicyclic) bond motifs is 1. The number of hydroxylamine groups is 1. The van der Waals surface area contributed by atoms with Crippen LogP contribution < -0.4 is 5.48 Å². The molecule has 1 aromatic carbocycles. The van der Waals surface area contributed by atoms with Gasteiger partial charge in [0.25, 0.3) is 5.91 Å². The van der Waals surface area contributed by atoms with Crippen molar-refractivity contribution in [2.75, 3.05) is 13.1 Å². The minimum absolute atomic E-state index is 0.0828. The van der Waals surface area contributed by atoms with E-state index in [1.165, 1.54) is 31.5 Å². The zero-order chi connectivity index (χ0) is 22.4. The molecule has 1 aliphatic carbocycles. The number of pyridine rings is 1. The van der Waals surface area contributed by atoms with E-state index in [0.29, 0.717) is 5.56 Å². The van der Waals surface area contributed by atoms with Crippen LogP contribution in [0, 0.1) is 0 Å². The highest BCUT2D eigenvalue weighted by molar-refractivity contribution is 7.10. The number of nitrogens with zero attached hydrogens (tertiary/aromatic N) is 4. The molecule has 168 valence electrons. The standard InChI is InChI=1S/C25H25N5O2S/c31-23(28-32)18-3-5-19(6-4-18)25(8-9-25)24-27-20(16-33-24)21-14-26-22-13-17(7-12-30(21)22)15-29-10-1-2-11-29/h3-7,12-14,16,32H,1-2,8-11,15H2,(H,28,31). The van der Waals surface area contributed by atoms with E-state index >= 15 is 0 Å². The van der Waals surface area contributed by atoms with E-state index in [0.717, 1.165) is 47.0 Å². The van der Waals surface area contributed by atoms with Gasteiger partial charge in [-0.15, -0.1) is 11.3 Å². The van der Waals surface area contributed by atoms with Crippen molar-refractivity contribution in [1.29, 1.82) is 0 Å². The highest BCUT2D eigenvalue weighted by Crippen LogP contribution is 2.54. The van der Waals surface area contributed by atoms with E-state index < -0.39 is 5.91 Å². The molecule has 0 atom stereocenters. The monoisotopic (exact) mass is 459 g/mol. The van der Waals surface area contributed by atoms with Crippen molar-refractivity contribution in [1.82, 2.24) is 24.7 Å². The summed E-state index contributed by atoms with van der Waals surface area (Å²) in [6.45, 7) is 3.36. The number of rotatable bonds is 6. The van der Waals surface area contributed by atoms with Crippen molar-refractivity contribution in [2.24, 2.45) is 0 Å². The summed E-state index contributed by atoms with van der Waals surface area (Å²) in [5.41, 5.74) is 7.39. The third-order valence-corrected chi connectivity index (χ3v) is 7.96.